The Labute approximate surface area is 201 Å². The number of halogens is 1. The fraction of sp³-hybridized carbons (Fsp3) is 0.409. The largest absolute Gasteiger partial charge is 0.442 e. The fourth-order valence-electron chi connectivity index (χ4n) is 3.87. The quantitative estimate of drug-likeness (QED) is 0.634. The molecule has 2 aromatic rings. The maximum atomic E-state index is 15.0. The fourth-order valence-corrected chi connectivity index (χ4v) is 5.17. The van der Waals surface area contributed by atoms with Gasteiger partial charge in [-0.2, -0.15) is 0 Å². The van der Waals surface area contributed by atoms with Crippen LogP contribution in [0, 0.1) is 12.7 Å². The predicted octanol–water partition coefficient (Wildman–Crippen LogP) is 3.96. The Balaban J connectivity index is 1.37. The Morgan fingerprint density at radius 1 is 1.22 bits per heavy atom. The molecule has 1 N–H and O–H groups in total. The van der Waals surface area contributed by atoms with E-state index < -0.39 is 6.09 Å². The van der Waals surface area contributed by atoms with Crippen LogP contribution in [0.25, 0.3) is 0 Å². The molecule has 1 amide bonds. The lowest BCUT2D eigenvalue weighted by molar-refractivity contribution is 0.143. The van der Waals surface area contributed by atoms with E-state index in [0.29, 0.717) is 42.5 Å². The molecule has 1 atom stereocenters. The second kappa shape index (κ2) is 9.68. The van der Waals surface area contributed by atoms with Gasteiger partial charge in [0.1, 0.15) is 16.9 Å². The van der Waals surface area contributed by atoms with Crippen LogP contribution in [0.4, 0.5) is 20.6 Å². The molecule has 10 heteroatoms. The van der Waals surface area contributed by atoms with Crippen LogP contribution in [0.15, 0.2) is 30.3 Å². The van der Waals surface area contributed by atoms with E-state index in [4.69, 9.17) is 29.2 Å². The number of carbonyl (C=O) groups excluding carboxylic acids is 1. The summed E-state index contributed by atoms with van der Waals surface area (Å²) in [5.41, 5.74) is 1.03. The van der Waals surface area contributed by atoms with Gasteiger partial charge in [-0.15, -0.1) is 11.3 Å². The number of benzene rings is 1. The van der Waals surface area contributed by atoms with Gasteiger partial charge in [-0.25, -0.2) is 9.18 Å². The molecule has 2 aliphatic rings. The number of aryl methyl sites for hydroxylation is 1. The summed E-state index contributed by atoms with van der Waals surface area (Å²) in [5, 5.41) is 3.00. The van der Waals surface area contributed by atoms with E-state index in [1.54, 1.807) is 30.4 Å². The summed E-state index contributed by atoms with van der Waals surface area (Å²) in [6.07, 6.45) is -0.802. The van der Waals surface area contributed by atoms with E-state index >= 15 is 4.39 Å². The number of nitrogens with one attached hydrogen (secondary N) is 1. The summed E-state index contributed by atoms with van der Waals surface area (Å²) in [7, 11) is 0. The first kappa shape index (κ1) is 22.9. The number of carbonyl (C=O) groups is 1. The van der Waals surface area contributed by atoms with E-state index in [2.05, 4.69) is 29.3 Å². The molecule has 1 aromatic carbocycles. The first-order valence-corrected chi connectivity index (χ1v) is 12.1. The van der Waals surface area contributed by atoms with E-state index in [9.17, 15) is 4.79 Å². The number of rotatable bonds is 5. The van der Waals surface area contributed by atoms with Crippen LogP contribution in [-0.2, 0) is 4.74 Å². The number of ether oxygens (including phenoxy) is 1. The summed E-state index contributed by atoms with van der Waals surface area (Å²) in [6, 6.07) is 9.05. The number of amides is 1. The van der Waals surface area contributed by atoms with Crippen LogP contribution < -0.4 is 15.1 Å². The van der Waals surface area contributed by atoms with Crippen molar-refractivity contribution in [3.05, 3.63) is 45.9 Å². The topological polar surface area (TPSA) is 48.0 Å². The Bertz CT molecular complexity index is 1040. The summed E-state index contributed by atoms with van der Waals surface area (Å²) in [6.45, 7) is 7.47. The number of cyclic esters (lactones) is 1. The van der Waals surface area contributed by atoms with E-state index in [-0.39, 0.29) is 11.9 Å². The van der Waals surface area contributed by atoms with E-state index in [1.165, 1.54) is 15.8 Å². The van der Waals surface area contributed by atoms with Crippen LogP contribution in [0.1, 0.15) is 16.7 Å². The Kier molecular flexibility index (Phi) is 6.92. The molecule has 0 spiro atoms. The van der Waals surface area contributed by atoms with Crippen LogP contribution in [0.3, 0.4) is 0 Å². The number of anilines is 2. The predicted molar refractivity (Wildman–Crippen MR) is 135 cm³/mol. The highest BCUT2D eigenvalue weighted by atomic mass is 32.1. The minimum atomic E-state index is -0.475. The second-order valence-electron chi connectivity index (χ2n) is 7.88. The number of thiocarbonyl (C=S) groups is 2. The number of thiophene rings is 1. The third-order valence-electron chi connectivity index (χ3n) is 5.55. The molecule has 0 bridgehead atoms. The third kappa shape index (κ3) is 5.02. The molecule has 1 aromatic heterocycles. The molecule has 1 unspecified atom stereocenters. The summed E-state index contributed by atoms with van der Waals surface area (Å²) >= 11 is 12.3. The summed E-state index contributed by atoms with van der Waals surface area (Å²) < 4.78 is 20.4. The molecule has 0 saturated carbocycles. The lowest BCUT2D eigenvalue weighted by atomic mass is 10.2. The van der Waals surface area contributed by atoms with Crippen molar-refractivity contribution < 1.29 is 13.9 Å². The molecule has 3 heterocycles. The molecule has 2 aliphatic heterocycles. The highest BCUT2D eigenvalue weighted by Crippen LogP contribution is 2.29. The van der Waals surface area contributed by atoms with Crippen molar-refractivity contribution in [3.63, 3.8) is 0 Å². The van der Waals surface area contributed by atoms with E-state index in [0.717, 1.165) is 23.0 Å². The SMILES string of the molecule is CC(=S)NCC1CN(c2ccc(N3CCN(C(=S)c4ccc(C)s4)CC3)c(F)c2)C(=O)O1. The first-order valence-electron chi connectivity index (χ1n) is 10.4. The van der Waals surface area contributed by atoms with Gasteiger partial charge in [0.05, 0.1) is 34.3 Å². The van der Waals surface area contributed by atoms with Crippen LogP contribution >= 0.6 is 35.8 Å². The molecular weight excluding hydrogens is 467 g/mol. The molecule has 0 radical (unpaired) electrons. The van der Waals surface area contributed by atoms with Crippen molar-refractivity contribution in [3.8, 4) is 0 Å². The van der Waals surface area contributed by atoms with Gasteiger partial charge in [0.25, 0.3) is 0 Å². The van der Waals surface area contributed by atoms with E-state index in [1.807, 2.05) is 4.90 Å². The van der Waals surface area contributed by atoms with Gasteiger partial charge >= 0.3 is 6.09 Å². The number of nitrogens with zero attached hydrogens (tertiary/aromatic N) is 3. The van der Waals surface area contributed by atoms with Crippen LogP contribution in [0.2, 0.25) is 0 Å². The van der Waals surface area contributed by atoms with Gasteiger partial charge in [0.2, 0.25) is 0 Å². The Morgan fingerprint density at radius 3 is 2.59 bits per heavy atom. The lowest BCUT2D eigenvalue weighted by Gasteiger charge is -2.37. The van der Waals surface area contributed by atoms with Gasteiger partial charge in [-0.05, 0) is 44.2 Å². The summed E-state index contributed by atoms with van der Waals surface area (Å²) in [5.74, 6) is -0.350. The minimum absolute atomic E-state index is 0.327. The molecule has 2 fully saturated rings. The van der Waals surface area contributed by atoms with Crippen molar-refractivity contribution in [2.75, 3.05) is 49.1 Å². The van der Waals surface area contributed by atoms with Gasteiger partial charge in [-0.1, -0.05) is 24.4 Å². The Hall–Kier alpha value is -2.30. The minimum Gasteiger partial charge on any atom is -0.442 e. The molecule has 170 valence electrons. The smallest absolute Gasteiger partial charge is 0.414 e. The number of piperazine rings is 1. The van der Waals surface area contributed by atoms with Gasteiger partial charge in [0.15, 0.2) is 0 Å². The van der Waals surface area contributed by atoms with Crippen molar-refractivity contribution in [1.82, 2.24) is 10.2 Å². The van der Waals surface area contributed by atoms with Crippen LogP contribution in [-0.4, -0.2) is 66.3 Å². The average molecular weight is 493 g/mol. The second-order valence-corrected chi connectivity index (χ2v) is 10.2. The normalized spacial score (nSPS) is 18.7. The molecule has 0 aliphatic carbocycles. The molecule has 32 heavy (non-hydrogen) atoms. The maximum Gasteiger partial charge on any atom is 0.414 e. The molecule has 6 nitrogen and oxygen atoms in total. The highest BCUT2D eigenvalue weighted by Gasteiger charge is 2.33. The molecule has 2 saturated heterocycles. The zero-order chi connectivity index (χ0) is 22.8. The van der Waals surface area contributed by atoms with Gasteiger partial charge in [-0.3, -0.25) is 4.90 Å². The standard InChI is InChI=1S/C22H25FN4O2S3/c1-14-3-6-20(32-14)21(31)26-9-7-25(8-10-26)19-5-4-16(11-18(19)23)27-13-17(29-22(27)28)12-24-15(2)30/h3-6,11,17H,7-10,12-13H2,1-2H3,(H,24,30). The third-order valence-corrected chi connectivity index (χ3v) is 7.31. The van der Waals surface area contributed by atoms with Crippen molar-refractivity contribution in [1.29, 1.82) is 0 Å². The number of hydrogen-bond acceptors (Lipinski definition) is 6. The molecular formula is C22H25FN4O2S3. The maximum absolute atomic E-state index is 15.0. The molecule has 4 rings (SSSR count). The van der Waals surface area contributed by atoms with Crippen molar-refractivity contribution in [2.45, 2.75) is 20.0 Å². The van der Waals surface area contributed by atoms with Gasteiger partial charge < -0.3 is 19.9 Å². The average Bonchev–Trinajstić information content (AvgIpc) is 3.37. The first-order chi connectivity index (χ1) is 15.3. The summed E-state index contributed by atoms with van der Waals surface area (Å²) in [4.78, 5) is 21.7. The lowest BCUT2D eigenvalue weighted by Crippen LogP contribution is -2.48. The van der Waals surface area contributed by atoms with Crippen LogP contribution in [0.5, 0.6) is 0 Å². The number of hydrogen-bond donors (Lipinski definition) is 1. The zero-order valence-corrected chi connectivity index (χ0v) is 20.4. The Morgan fingerprint density at radius 2 is 1.97 bits per heavy atom. The van der Waals surface area contributed by atoms with Crippen molar-refractivity contribution >= 4 is 63.2 Å². The zero-order valence-electron chi connectivity index (χ0n) is 18.0. The highest BCUT2D eigenvalue weighted by molar-refractivity contribution is 7.81. The van der Waals surface area contributed by atoms with Crippen molar-refractivity contribution in [2.24, 2.45) is 0 Å². The van der Waals surface area contributed by atoms with Gasteiger partial charge in [0, 0.05) is 31.1 Å². The monoisotopic (exact) mass is 492 g/mol.